The molecule has 1 fully saturated rings. The smallest absolute Gasteiger partial charge is 0.270 e. The number of piperidine rings is 1. The lowest BCUT2D eigenvalue weighted by molar-refractivity contribution is -0.384. The van der Waals surface area contributed by atoms with E-state index < -0.39 is 4.92 Å². The number of fused-ring (bicyclic) bond motifs is 1. The third kappa shape index (κ3) is 4.30. The molecule has 7 nitrogen and oxygen atoms in total. The first kappa shape index (κ1) is 19.1. The van der Waals surface area contributed by atoms with Crippen LogP contribution in [0.1, 0.15) is 35.7 Å². The van der Waals surface area contributed by atoms with Gasteiger partial charge in [-0.15, -0.1) is 0 Å². The summed E-state index contributed by atoms with van der Waals surface area (Å²) in [6, 6.07) is 12.3. The minimum absolute atomic E-state index is 0.0393. The molecule has 1 aliphatic rings. The summed E-state index contributed by atoms with van der Waals surface area (Å²) in [5.41, 5.74) is 2.95. The first-order valence-electron chi connectivity index (χ1n) is 9.88. The van der Waals surface area contributed by atoms with Gasteiger partial charge in [0.05, 0.1) is 10.5 Å². The highest BCUT2D eigenvalue weighted by atomic mass is 16.6. The number of likely N-dealkylation sites (tertiary alicyclic amines) is 1. The molecule has 4 rings (SSSR count). The molecule has 1 saturated heterocycles. The van der Waals surface area contributed by atoms with Crippen LogP contribution in [0, 0.1) is 16.0 Å². The normalized spacial score (nSPS) is 17.3. The van der Waals surface area contributed by atoms with Crippen molar-refractivity contribution in [1.29, 1.82) is 0 Å². The van der Waals surface area contributed by atoms with E-state index in [0.29, 0.717) is 22.2 Å². The SMILES string of the molecule is CC1CCCN(Cc2ccc(NC(=O)c3c[nH]c4ccc([N+](=O)[O-])cc34)cc2)C1. The van der Waals surface area contributed by atoms with Gasteiger partial charge in [0.15, 0.2) is 0 Å². The number of amides is 1. The lowest BCUT2D eigenvalue weighted by Crippen LogP contribution is -2.33. The molecular formula is C22H24N4O3. The van der Waals surface area contributed by atoms with Gasteiger partial charge in [-0.3, -0.25) is 19.8 Å². The minimum Gasteiger partial charge on any atom is -0.360 e. The quantitative estimate of drug-likeness (QED) is 0.492. The van der Waals surface area contributed by atoms with Gasteiger partial charge in [0.2, 0.25) is 0 Å². The predicted octanol–water partition coefficient (Wildman–Crippen LogP) is 4.56. The number of nitro benzene ring substituents is 1. The number of nitro groups is 1. The van der Waals surface area contributed by atoms with Crippen molar-refractivity contribution in [3.8, 4) is 0 Å². The number of rotatable bonds is 5. The monoisotopic (exact) mass is 392 g/mol. The molecule has 150 valence electrons. The van der Waals surface area contributed by atoms with Gasteiger partial charge in [0.1, 0.15) is 0 Å². The van der Waals surface area contributed by atoms with Crippen LogP contribution >= 0.6 is 0 Å². The van der Waals surface area contributed by atoms with Crippen LogP contribution in [0.3, 0.4) is 0 Å². The number of benzene rings is 2. The van der Waals surface area contributed by atoms with E-state index >= 15 is 0 Å². The third-order valence-corrected chi connectivity index (χ3v) is 5.48. The Kier molecular flexibility index (Phi) is 5.31. The molecule has 3 aromatic rings. The van der Waals surface area contributed by atoms with Crippen LogP contribution in [0.2, 0.25) is 0 Å². The molecule has 1 atom stereocenters. The van der Waals surface area contributed by atoms with E-state index in [0.717, 1.165) is 25.6 Å². The Hall–Kier alpha value is -3.19. The van der Waals surface area contributed by atoms with E-state index in [-0.39, 0.29) is 11.6 Å². The molecule has 0 spiro atoms. The number of carbonyl (C=O) groups excluding carboxylic acids is 1. The molecule has 2 aromatic carbocycles. The van der Waals surface area contributed by atoms with Crippen LogP contribution in [0.4, 0.5) is 11.4 Å². The van der Waals surface area contributed by atoms with E-state index in [4.69, 9.17) is 0 Å². The Balaban J connectivity index is 1.45. The Bertz CT molecular complexity index is 1040. The fourth-order valence-electron chi connectivity index (χ4n) is 3.99. The minimum atomic E-state index is -0.462. The van der Waals surface area contributed by atoms with E-state index in [2.05, 4.69) is 22.1 Å². The number of nitrogens with one attached hydrogen (secondary N) is 2. The first-order valence-corrected chi connectivity index (χ1v) is 9.88. The maximum absolute atomic E-state index is 12.7. The number of hydrogen-bond donors (Lipinski definition) is 2. The number of carbonyl (C=O) groups is 1. The number of anilines is 1. The molecule has 1 aromatic heterocycles. The highest BCUT2D eigenvalue weighted by Gasteiger charge is 2.17. The summed E-state index contributed by atoms with van der Waals surface area (Å²) >= 11 is 0. The van der Waals surface area contributed by atoms with Crippen LogP contribution in [0.25, 0.3) is 10.9 Å². The number of H-pyrrole nitrogens is 1. The highest BCUT2D eigenvalue weighted by Crippen LogP contribution is 2.25. The van der Waals surface area contributed by atoms with Crippen LogP contribution in [0.15, 0.2) is 48.7 Å². The van der Waals surface area contributed by atoms with Crippen LogP contribution in [-0.4, -0.2) is 33.8 Å². The number of non-ortho nitro benzene ring substituents is 1. The maximum Gasteiger partial charge on any atom is 0.270 e. The van der Waals surface area contributed by atoms with Crippen molar-refractivity contribution in [2.24, 2.45) is 5.92 Å². The van der Waals surface area contributed by atoms with Gasteiger partial charge in [-0.05, 0) is 49.1 Å². The van der Waals surface area contributed by atoms with Gasteiger partial charge in [-0.25, -0.2) is 0 Å². The second kappa shape index (κ2) is 8.05. The molecule has 1 amide bonds. The summed E-state index contributed by atoms with van der Waals surface area (Å²) in [5.74, 6) is 0.448. The zero-order valence-corrected chi connectivity index (χ0v) is 16.4. The summed E-state index contributed by atoms with van der Waals surface area (Å²) < 4.78 is 0. The summed E-state index contributed by atoms with van der Waals surface area (Å²) in [6.45, 7) is 5.48. The standard InChI is InChI=1S/C22H24N4O3/c1-15-3-2-10-25(13-15)14-16-4-6-17(7-5-16)24-22(27)20-12-23-21-9-8-18(26(28)29)11-19(20)21/h4-9,11-12,15,23H,2-3,10,13-14H2,1H3,(H,24,27). The number of aromatic nitrogens is 1. The fraction of sp³-hybridized carbons (Fsp3) is 0.318. The molecule has 0 radical (unpaired) electrons. The summed E-state index contributed by atoms with van der Waals surface area (Å²) in [6.07, 6.45) is 4.13. The zero-order chi connectivity index (χ0) is 20.4. The van der Waals surface area contributed by atoms with Gasteiger partial charge >= 0.3 is 0 Å². The van der Waals surface area contributed by atoms with Gasteiger partial charge in [0.25, 0.3) is 11.6 Å². The molecule has 0 bridgehead atoms. The Labute approximate surface area is 168 Å². The van der Waals surface area contributed by atoms with Gasteiger partial charge in [0, 0.05) is 48.0 Å². The van der Waals surface area contributed by atoms with Crippen molar-refractivity contribution in [3.63, 3.8) is 0 Å². The second-order valence-electron chi connectivity index (χ2n) is 7.82. The molecule has 1 unspecified atom stereocenters. The Morgan fingerprint density at radius 3 is 2.79 bits per heavy atom. The average Bonchev–Trinajstić information content (AvgIpc) is 3.13. The first-order chi connectivity index (χ1) is 14.0. The molecular weight excluding hydrogens is 368 g/mol. The summed E-state index contributed by atoms with van der Waals surface area (Å²) in [5, 5.41) is 14.4. The number of nitrogens with zero attached hydrogens (tertiary/aromatic N) is 2. The number of aromatic amines is 1. The van der Waals surface area contributed by atoms with Crippen LogP contribution in [-0.2, 0) is 6.54 Å². The largest absolute Gasteiger partial charge is 0.360 e. The molecule has 2 heterocycles. The number of hydrogen-bond acceptors (Lipinski definition) is 4. The lowest BCUT2D eigenvalue weighted by Gasteiger charge is -2.30. The van der Waals surface area contributed by atoms with Gasteiger partial charge in [-0.2, -0.15) is 0 Å². The molecule has 7 heteroatoms. The van der Waals surface area contributed by atoms with E-state index in [9.17, 15) is 14.9 Å². The summed E-state index contributed by atoms with van der Waals surface area (Å²) in [7, 11) is 0. The zero-order valence-electron chi connectivity index (χ0n) is 16.4. The van der Waals surface area contributed by atoms with E-state index in [1.54, 1.807) is 12.3 Å². The molecule has 2 N–H and O–H groups in total. The van der Waals surface area contributed by atoms with Crippen molar-refractivity contribution in [1.82, 2.24) is 9.88 Å². The highest BCUT2D eigenvalue weighted by molar-refractivity contribution is 6.13. The fourth-order valence-corrected chi connectivity index (χ4v) is 3.99. The molecule has 29 heavy (non-hydrogen) atoms. The third-order valence-electron chi connectivity index (χ3n) is 5.48. The van der Waals surface area contributed by atoms with Crippen molar-refractivity contribution >= 4 is 28.2 Å². The van der Waals surface area contributed by atoms with Crippen molar-refractivity contribution in [3.05, 3.63) is 69.9 Å². The van der Waals surface area contributed by atoms with Gasteiger partial charge in [-0.1, -0.05) is 19.1 Å². The maximum atomic E-state index is 12.7. The Morgan fingerprint density at radius 2 is 2.07 bits per heavy atom. The average molecular weight is 392 g/mol. The van der Waals surface area contributed by atoms with Crippen molar-refractivity contribution in [2.75, 3.05) is 18.4 Å². The lowest BCUT2D eigenvalue weighted by atomic mass is 10.00. The van der Waals surface area contributed by atoms with Gasteiger partial charge < -0.3 is 10.3 Å². The Morgan fingerprint density at radius 1 is 1.28 bits per heavy atom. The molecule has 0 aliphatic carbocycles. The van der Waals surface area contributed by atoms with Crippen molar-refractivity contribution < 1.29 is 9.72 Å². The topological polar surface area (TPSA) is 91.3 Å². The van der Waals surface area contributed by atoms with Crippen molar-refractivity contribution in [2.45, 2.75) is 26.3 Å². The van der Waals surface area contributed by atoms with Crippen LogP contribution < -0.4 is 5.32 Å². The summed E-state index contributed by atoms with van der Waals surface area (Å²) in [4.78, 5) is 28.7. The van der Waals surface area contributed by atoms with Crippen LogP contribution in [0.5, 0.6) is 0 Å². The predicted molar refractivity (Wildman–Crippen MR) is 113 cm³/mol. The second-order valence-corrected chi connectivity index (χ2v) is 7.82. The van der Waals surface area contributed by atoms with E-state index in [1.807, 2.05) is 24.3 Å². The molecule has 0 saturated carbocycles. The molecule has 1 aliphatic heterocycles. The van der Waals surface area contributed by atoms with E-state index in [1.165, 1.54) is 30.5 Å².